The number of carbonyl (C=O) groups is 1. The van der Waals surface area contributed by atoms with Crippen LogP contribution in [0.4, 0.5) is 0 Å². The molecular weight excluding hydrogens is 280 g/mol. The number of hydrogen-bond donors (Lipinski definition) is 1. The van der Waals surface area contributed by atoms with Crippen LogP contribution in [0, 0.1) is 0 Å². The summed E-state index contributed by atoms with van der Waals surface area (Å²) in [5.74, 6) is -2.62. The Labute approximate surface area is 118 Å². The van der Waals surface area contributed by atoms with Crippen LogP contribution in [0.15, 0.2) is 30.3 Å². The minimum absolute atomic E-state index is 0.0936. The average Bonchev–Trinajstić information content (AvgIpc) is 2.89. The van der Waals surface area contributed by atoms with E-state index in [1.54, 1.807) is 30.3 Å². The third-order valence-electron chi connectivity index (χ3n) is 3.38. The van der Waals surface area contributed by atoms with Crippen LogP contribution < -0.4 is 0 Å². The van der Waals surface area contributed by atoms with Crippen LogP contribution in [0.5, 0.6) is 0 Å². The van der Waals surface area contributed by atoms with Crippen molar-refractivity contribution in [2.75, 3.05) is 18.1 Å². The van der Waals surface area contributed by atoms with Crippen LogP contribution in [0.3, 0.4) is 0 Å². The maximum absolute atomic E-state index is 12.1. The Morgan fingerprint density at radius 2 is 2.05 bits per heavy atom. The van der Waals surface area contributed by atoms with Crippen molar-refractivity contribution in [3.63, 3.8) is 0 Å². The van der Waals surface area contributed by atoms with Gasteiger partial charge in [-0.2, -0.15) is 0 Å². The zero-order chi connectivity index (χ0) is 14.6. The predicted molar refractivity (Wildman–Crippen MR) is 74.4 cm³/mol. The van der Waals surface area contributed by atoms with Crippen molar-refractivity contribution >= 4 is 15.8 Å². The van der Waals surface area contributed by atoms with E-state index in [9.17, 15) is 18.3 Å². The molecular formula is C14H18O5S. The first kappa shape index (κ1) is 15.0. The van der Waals surface area contributed by atoms with E-state index in [-0.39, 0.29) is 17.6 Å². The van der Waals surface area contributed by atoms with Crippen LogP contribution in [0.25, 0.3) is 0 Å². The minimum atomic E-state index is -3.46. The van der Waals surface area contributed by atoms with Crippen LogP contribution in [0.1, 0.15) is 24.3 Å². The van der Waals surface area contributed by atoms with Gasteiger partial charge in [0.2, 0.25) is 0 Å². The quantitative estimate of drug-likeness (QED) is 0.859. The van der Waals surface area contributed by atoms with Gasteiger partial charge in [0.05, 0.1) is 23.5 Å². The summed E-state index contributed by atoms with van der Waals surface area (Å²) in [4.78, 5) is 11.3. The van der Waals surface area contributed by atoms with Gasteiger partial charge in [-0.15, -0.1) is 0 Å². The molecule has 0 spiro atoms. The van der Waals surface area contributed by atoms with Gasteiger partial charge in [-0.1, -0.05) is 30.3 Å². The van der Waals surface area contributed by atoms with Crippen LogP contribution in [0.2, 0.25) is 0 Å². The normalized spacial score (nSPS) is 20.7. The van der Waals surface area contributed by atoms with E-state index < -0.39 is 21.7 Å². The number of benzene rings is 1. The fraction of sp³-hybridized carbons (Fsp3) is 0.500. The molecule has 1 aromatic carbocycles. The number of hydrogen-bond acceptors (Lipinski definition) is 4. The van der Waals surface area contributed by atoms with Gasteiger partial charge in [0.25, 0.3) is 0 Å². The van der Waals surface area contributed by atoms with Gasteiger partial charge in [-0.25, -0.2) is 8.42 Å². The van der Waals surface area contributed by atoms with Gasteiger partial charge >= 0.3 is 5.97 Å². The maximum Gasteiger partial charge on any atom is 0.312 e. The Hall–Kier alpha value is -1.40. The van der Waals surface area contributed by atoms with Crippen molar-refractivity contribution in [2.45, 2.75) is 24.9 Å². The molecule has 1 aliphatic rings. The molecule has 6 heteroatoms. The SMILES string of the molecule is O=C(O)C(CS(=O)(=O)CC1CCCO1)c1ccccc1. The molecule has 1 aromatic rings. The molecule has 0 aliphatic carbocycles. The number of sulfone groups is 1. The second-order valence-electron chi connectivity index (χ2n) is 5.01. The zero-order valence-electron chi connectivity index (χ0n) is 11.1. The van der Waals surface area contributed by atoms with Gasteiger partial charge < -0.3 is 9.84 Å². The molecule has 0 radical (unpaired) electrons. The second-order valence-corrected chi connectivity index (χ2v) is 7.17. The lowest BCUT2D eigenvalue weighted by Gasteiger charge is -2.15. The molecule has 2 rings (SSSR count). The number of ether oxygens (including phenoxy) is 1. The van der Waals surface area contributed by atoms with Gasteiger partial charge in [0.1, 0.15) is 0 Å². The largest absolute Gasteiger partial charge is 0.481 e. The van der Waals surface area contributed by atoms with Crippen molar-refractivity contribution in [2.24, 2.45) is 0 Å². The van der Waals surface area contributed by atoms with Gasteiger partial charge in [-0.05, 0) is 18.4 Å². The first-order valence-corrected chi connectivity index (χ1v) is 8.40. The highest BCUT2D eigenvalue weighted by molar-refractivity contribution is 7.91. The summed E-state index contributed by atoms with van der Waals surface area (Å²) in [6, 6.07) is 8.46. The van der Waals surface area contributed by atoms with Gasteiger partial charge in [-0.3, -0.25) is 4.79 Å². The molecule has 0 saturated carbocycles. The van der Waals surface area contributed by atoms with Crippen molar-refractivity contribution in [1.82, 2.24) is 0 Å². The smallest absolute Gasteiger partial charge is 0.312 e. The molecule has 0 aromatic heterocycles. The molecule has 20 heavy (non-hydrogen) atoms. The van der Waals surface area contributed by atoms with E-state index in [1.165, 1.54) is 0 Å². The molecule has 5 nitrogen and oxygen atoms in total. The van der Waals surface area contributed by atoms with Crippen LogP contribution in [-0.2, 0) is 19.4 Å². The van der Waals surface area contributed by atoms with Crippen LogP contribution >= 0.6 is 0 Å². The Kier molecular flexibility index (Phi) is 4.77. The third kappa shape index (κ3) is 4.05. The zero-order valence-corrected chi connectivity index (χ0v) is 11.9. The minimum Gasteiger partial charge on any atom is -0.481 e. The molecule has 1 fully saturated rings. The standard InChI is InChI=1S/C14H18O5S/c15-14(16)13(11-5-2-1-3-6-11)10-20(17,18)9-12-7-4-8-19-12/h1-3,5-6,12-13H,4,7-10H2,(H,15,16). The van der Waals surface area contributed by atoms with Crippen molar-refractivity contribution in [1.29, 1.82) is 0 Å². The molecule has 110 valence electrons. The summed E-state index contributed by atoms with van der Waals surface area (Å²) in [7, 11) is -3.46. The first-order valence-electron chi connectivity index (χ1n) is 6.58. The summed E-state index contributed by atoms with van der Waals surface area (Å²) in [6.45, 7) is 0.585. The second kappa shape index (κ2) is 6.37. The van der Waals surface area contributed by atoms with E-state index in [0.717, 1.165) is 12.8 Å². The highest BCUT2D eigenvalue weighted by Gasteiger charge is 2.30. The van der Waals surface area contributed by atoms with E-state index >= 15 is 0 Å². The Balaban J connectivity index is 2.09. The first-order chi connectivity index (χ1) is 9.48. The monoisotopic (exact) mass is 298 g/mol. The predicted octanol–water partition coefficient (Wildman–Crippen LogP) is 1.45. The molecule has 1 N–H and O–H groups in total. The molecule has 2 unspecified atom stereocenters. The number of carboxylic acid groups (broad SMARTS) is 1. The fourth-order valence-corrected chi connectivity index (χ4v) is 4.18. The van der Waals surface area contributed by atoms with Crippen molar-refractivity contribution in [3.8, 4) is 0 Å². The summed E-state index contributed by atoms with van der Waals surface area (Å²) in [5.41, 5.74) is 0.510. The van der Waals surface area contributed by atoms with E-state index in [0.29, 0.717) is 12.2 Å². The molecule has 0 bridgehead atoms. The van der Waals surface area contributed by atoms with E-state index in [2.05, 4.69) is 0 Å². The Bertz CT molecular complexity index is 546. The molecule has 1 aliphatic heterocycles. The molecule has 1 saturated heterocycles. The molecule has 1 heterocycles. The lowest BCUT2D eigenvalue weighted by molar-refractivity contribution is -0.138. The molecule has 2 atom stereocenters. The Morgan fingerprint density at radius 3 is 2.60 bits per heavy atom. The van der Waals surface area contributed by atoms with Gasteiger partial charge in [0, 0.05) is 6.61 Å². The lowest BCUT2D eigenvalue weighted by atomic mass is 10.0. The third-order valence-corrected chi connectivity index (χ3v) is 5.11. The molecule has 0 amide bonds. The average molecular weight is 298 g/mol. The number of carboxylic acids is 1. The number of rotatable bonds is 6. The summed E-state index contributed by atoms with van der Waals surface area (Å²) >= 11 is 0. The Morgan fingerprint density at radius 1 is 1.35 bits per heavy atom. The summed E-state index contributed by atoms with van der Waals surface area (Å²) in [5, 5.41) is 9.26. The van der Waals surface area contributed by atoms with Crippen molar-refractivity contribution in [3.05, 3.63) is 35.9 Å². The highest BCUT2D eigenvalue weighted by Crippen LogP contribution is 2.21. The van der Waals surface area contributed by atoms with Gasteiger partial charge in [0.15, 0.2) is 9.84 Å². The lowest BCUT2D eigenvalue weighted by Crippen LogP contribution is -2.28. The van der Waals surface area contributed by atoms with E-state index in [1.807, 2.05) is 0 Å². The van der Waals surface area contributed by atoms with Crippen molar-refractivity contribution < 1.29 is 23.1 Å². The number of aliphatic carboxylic acids is 1. The maximum atomic E-state index is 12.1. The van der Waals surface area contributed by atoms with E-state index in [4.69, 9.17) is 4.74 Å². The highest BCUT2D eigenvalue weighted by atomic mass is 32.2. The topological polar surface area (TPSA) is 80.7 Å². The fourth-order valence-electron chi connectivity index (χ4n) is 2.38. The van der Waals surface area contributed by atoms with Crippen LogP contribution in [-0.4, -0.2) is 43.7 Å². The summed E-state index contributed by atoms with van der Waals surface area (Å²) < 4.78 is 29.6. The summed E-state index contributed by atoms with van der Waals surface area (Å²) in [6.07, 6.45) is 1.30.